The Morgan fingerprint density at radius 1 is 0.884 bits per heavy atom. The normalized spacial score (nSPS) is 13.5. The molecule has 0 saturated carbocycles. The molecule has 0 bridgehead atoms. The van der Waals surface area contributed by atoms with Gasteiger partial charge in [0.15, 0.2) is 0 Å². The minimum absolute atomic E-state index is 0.128. The number of aryl methyl sites for hydroxylation is 1. The summed E-state index contributed by atoms with van der Waals surface area (Å²) in [5.74, 6) is -2.19. The van der Waals surface area contributed by atoms with Crippen molar-refractivity contribution in [2.24, 2.45) is 0 Å². The Bertz CT molecular complexity index is 1310. The number of thiol groups is 1. The first-order chi connectivity index (χ1) is 20.1. The molecular formula is C32H42N4O6S. The molecule has 2 aromatic rings. The lowest BCUT2D eigenvalue weighted by Crippen LogP contribution is -2.55. The van der Waals surface area contributed by atoms with Crippen LogP contribution in [0.4, 0.5) is 4.79 Å². The Kier molecular flexibility index (Phi) is 12.6. The molecule has 0 heterocycles. The lowest BCUT2D eigenvalue weighted by atomic mass is 9.97. The van der Waals surface area contributed by atoms with Crippen LogP contribution in [0, 0.1) is 18.3 Å². The predicted molar refractivity (Wildman–Crippen MR) is 166 cm³/mol. The summed E-state index contributed by atoms with van der Waals surface area (Å²) in [6.07, 6.45) is -0.713. The van der Waals surface area contributed by atoms with Gasteiger partial charge in [0.2, 0.25) is 11.8 Å². The zero-order valence-electron chi connectivity index (χ0n) is 25.8. The minimum Gasteiger partial charge on any atom is -0.458 e. The van der Waals surface area contributed by atoms with E-state index >= 15 is 0 Å². The molecule has 0 radical (unpaired) electrons. The maximum atomic E-state index is 14.2. The lowest BCUT2D eigenvalue weighted by Gasteiger charge is -2.34. The summed E-state index contributed by atoms with van der Waals surface area (Å²) in [5, 5.41) is 15.0. The fourth-order valence-electron chi connectivity index (χ4n) is 4.22. The van der Waals surface area contributed by atoms with Gasteiger partial charge in [-0.3, -0.25) is 9.59 Å². The largest absolute Gasteiger partial charge is 0.458 e. The van der Waals surface area contributed by atoms with Crippen LogP contribution in [0.25, 0.3) is 0 Å². The summed E-state index contributed by atoms with van der Waals surface area (Å²) in [6.45, 7) is 11.5. The summed E-state index contributed by atoms with van der Waals surface area (Å²) in [6, 6.07) is 14.4. The topological polar surface area (TPSA) is 138 Å². The zero-order valence-corrected chi connectivity index (χ0v) is 26.7. The Balaban J connectivity index is 2.54. The molecule has 3 amide bonds. The number of carbonyl (C=O) groups excluding carboxylic acids is 4. The van der Waals surface area contributed by atoms with Crippen LogP contribution in [0.3, 0.4) is 0 Å². The fourth-order valence-corrected chi connectivity index (χ4v) is 4.47. The number of alkyl carbamates (subject to hydrolysis) is 1. The molecule has 11 heteroatoms. The van der Waals surface area contributed by atoms with Crippen molar-refractivity contribution in [1.29, 1.82) is 5.26 Å². The third-order valence-corrected chi connectivity index (χ3v) is 6.39. The molecule has 3 unspecified atom stereocenters. The number of hydrogen-bond donors (Lipinski definition) is 3. The monoisotopic (exact) mass is 610 g/mol. The number of rotatable bonds is 11. The summed E-state index contributed by atoms with van der Waals surface area (Å²) in [4.78, 5) is 54.9. The second kappa shape index (κ2) is 15.4. The van der Waals surface area contributed by atoms with Gasteiger partial charge in [0, 0.05) is 12.2 Å². The second-order valence-corrected chi connectivity index (χ2v) is 12.4. The second-order valence-electron chi connectivity index (χ2n) is 12.0. The number of nitriles is 1. The van der Waals surface area contributed by atoms with Gasteiger partial charge >= 0.3 is 12.1 Å². The molecule has 232 valence electrons. The molecule has 2 aromatic carbocycles. The van der Waals surface area contributed by atoms with Crippen LogP contribution in [-0.2, 0) is 30.3 Å². The zero-order chi connectivity index (χ0) is 32.4. The van der Waals surface area contributed by atoms with Crippen LogP contribution < -0.4 is 10.6 Å². The summed E-state index contributed by atoms with van der Waals surface area (Å²) in [5.41, 5.74) is 0.272. The lowest BCUT2D eigenvalue weighted by molar-refractivity contribution is -0.159. The predicted octanol–water partition coefficient (Wildman–Crippen LogP) is 4.28. The van der Waals surface area contributed by atoms with E-state index in [-0.39, 0.29) is 12.2 Å². The Morgan fingerprint density at radius 2 is 1.47 bits per heavy atom. The average molecular weight is 611 g/mol. The first kappa shape index (κ1) is 35.2. The number of nitrogens with one attached hydrogen (secondary N) is 2. The van der Waals surface area contributed by atoms with E-state index in [1.165, 1.54) is 0 Å². The van der Waals surface area contributed by atoms with Crippen LogP contribution in [0.15, 0.2) is 54.6 Å². The Hall–Kier alpha value is -4.04. The van der Waals surface area contributed by atoms with Crippen molar-refractivity contribution in [3.63, 3.8) is 0 Å². The quantitative estimate of drug-likeness (QED) is 0.196. The van der Waals surface area contributed by atoms with Crippen molar-refractivity contribution >= 4 is 36.5 Å². The third kappa shape index (κ3) is 11.3. The van der Waals surface area contributed by atoms with Crippen LogP contribution in [0.2, 0.25) is 0 Å². The first-order valence-electron chi connectivity index (χ1n) is 14.0. The minimum atomic E-state index is -1.32. The van der Waals surface area contributed by atoms with Gasteiger partial charge in [-0.15, -0.1) is 0 Å². The van der Waals surface area contributed by atoms with E-state index < -0.39 is 59.7 Å². The molecule has 2 rings (SSSR count). The van der Waals surface area contributed by atoms with Gasteiger partial charge in [-0.2, -0.15) is 17.9 Å². The molecule has 0 aliphatic carbocycles. The summed E-state index contributed by atoms with van der Waals surface area (Å²) in [7, 11) is 0. The number of nitrogens with zero attached hydrogens (tertiary/aromatic N) is 2. The molecule has 0 fully saturated rings. The highest BCUT2D eigenvalue weighted by Crippen LogP contribution is 2.26. The smallest absolute Gasteiger partial charge is 0.408 e. The number of hydrogen-bond acceptors (Lipinski definition) is 8. The molecule has 0 aliphatic heterocycles. The SMILES string of the molecule is Cc1ccccc1C(C(=O)NC(Cc1ccccc1)C(=O)OC(C)(C)C)N(CC#N)C(=O)C(CS)NC(=O)OC(C)(C)C. The van der Waals surface area contributed by atoms with Crippen LogP contribution in [0.5, 0.6) is 0 Å². The molecular weight excluding hydrogens is 568 g/mol. The van der Waals surface area contributed by atoms with E-state index in [2.05, 4.69) is 23.3 Å². The van der Waals surface area contributed by atoms with E-state index in [1.807, 2.05) is 36.4 Å². The van der Waals surface area contributed by atoms with Gasteiger partial charge in [0.05, 0.1) is 6.07 Å². The molecule has 3 atom stereocenters. The maximum Gasteiger partial charge on any atom is 0.408 e. The van der Waals surface area contributed by atoms with E-state index in [1.54, 1.807) is 72.7 Å². The molecule has 2 N–H and O–H groups in total. The van der Waals surface area contributed by atoms with E-state index in [0.717, 1.165) is 10.5 Å². The van der Waals surface area contributed by atoms with Crippen LogP contribution in [-0.4, -0.2) is 64.4 Å². The number of amides is 3. The molecule has 0 aliphatic rings. The van der Waals surface area contributed by atoms with E-state index in [4.69, 9.17) is 9.47 Å². The molecule has 43 heavy (non-hydrogen) atoms. The molecule has 0 aromatic heterocycles. The molecule has 0 spiro atoms. The van der Waals surface area contributed by atoms with Gasteiger partial charge in [-0.25, -0.2) is 9.59 Å². The van der Waals surface area contributed by atoms with Crippen molar-refractivity contribution in [2.45, 2.75) is 84.2 Å². The van der Waals surface area contributed by atoms with Gasteiger partial charge in [0.25, 0.3) is 0 Å². The van der Waals surface area contributed by atoms with Gasteiger partial charge in [-0.05, 0) is 65.2 Å². The highest BCUT2D eigenvalue weighted by Gasteiger charge is 2.38. The molecule has 0 saturated heterocycles. The fraction of sp³-hybridized carbons (Fsp3) is 0.469. The molecule has 10 nitrogen and oxygen atoms in total. The van der Waals surface area contributed by atoms with Crippen molar-refractivity contribution < 1.29 is 28.7 Å². The number of benzene rings is 2. The van der Waals surface area contributed by atoms with Crippen molar-refractivity contribution in [2.75, 3.05) is 12.3 Å². The Morgan fingerprint density at radius 3 is 2.00 bits per heavy atom. The van der Waals surface area contributed by atoms with Crippen LogP contribution >= 0.6 is 12.6 Å². The summed E-state index contributed by atoms with van der Waals surface area (Å²) >= 11 is 4.25. The highest BCUT2D eigenvalue weighted by atomic mass is 32.1. The first-order valence-corrected chi connectivity index (χ1v) is 14.6. The summed E-state index contributed by atoms with van der Waals surface area (Å²) < 4.78 is 10.9. The van der Waals surface area contributed by atoms with Gasteiger partial charge in [0.1, 0.15) is 35.9 Å². The number of carbonyl (C=O) groups is 4. The maximum absolute atomic E-state index is 14.2. The van der Waals surface area contributed by atoms with Crippen molar-refractivity contribution in [1.82, 2.24) is 15.5 Å². The highest BCUT2D eigenvalue weighted by molar-refractivity contribution is 7.80. The van der Waals surface area contributed by atoms with Crippen molar-refractivity contribution in [3.8, 4) is 6.07 Å². The Labute approximate surface area is 259 Å². The van der Waals surface area contributed by atoms with Gasteiger partial charge < -0.3 is 25.0 Å². The number of esters is 1. The van der Waals surface area contributed by atoms with E-state index in [9.17, 15) is 24.4 Å². The van der Waals surface area contributed by atoms with Crippen molar-refractivity contribution in [3.05, 3.63) is 71.3 Å². The average Bonchev–Trinajstić information content (AvgIpc) is 2.90. The van der Waals surface area contributed by atoms with Crippen LogP contribution in [0.1, 0.15) is 64.3 Å². The van der Waals surface area contributed by atoms with Gasteiger partial charge in [-0.1, -0.05) is 54.6 Å². The third-order valence-electron chi connectivity index (χ3n) is 6.03. The van der Waals surface area contributed by atoms with E-state index in [0.29, 0.717) is 11.1 Å². The number of ether oxygens (including phenoxy) is 2. The standard InChI is InChI=1S/C32H42N4O6S/c1-21-13-11-12-16-23(21)26(36(18-17-33)28(38)25(20-43)35-30(40)42-32(5,6)7)27(37)34-24(29(39)41-31(2,3)4)19-22-14-9-8-10-15-22/h8-16,24-26,43H,18-20H2,1-7H3,(H,34,37)(H,35,40).